The molecule has 0 saturated carbocycles. The molecule has 0 heterocycles. The molecule has 2 aromatic rings. The normalized spacial score (nSPS) is 11.5. The van der Waals surface area contributed by atoms with E-state index in [2.05, 4.69) is 4.72 Å². The zero-order chi connectivity index (χ0) is 16.5. The maximum absolute atomic E-state index is 13.4. The summed E-state index contributed by atoms with van der Waals surface area (Å²) in [5, 5.41) is 8.95. The molecule has 118 valence electrons. The van der Waals surface area contributed by atoms with Crippen molar-refractivity contribution in [2.75, 3.05) is 4.72 Å². The number of sulfonamides is 1. The summed E-state index contributed by atoms with van der Waals surface area (Å²) in [6.45, 7) is 2.99. The van der Waals surface area contributed by atoms with Crippen LogP contribution >= 0.6 is 11.6 Å². The number of aliphatic hydroxyl groups is 1. The molecule has 2 aromatic carbocycles. The zero-order valence-corrected chi connectivity index (χ0v) is 13.6. The first-order chi connectivity index (χ1) is 10.2. The molecule has 0 spiro atoms. The largest absolute Gasteiger partial charge is 0.392 e. The topological polar surface area (TPSA) is 66.4 Å². The Hall–Kier alpha value is -1.63. The Morgan fingerprint density at radius 1 is 1.18 bits per heavy atom. The van der Waals surface area contributed by atoms with Crippen LogP contribution in [-0.4, -0.2) is 13.5 Å². The number of hydrogen-bond acceptors (Lipinski definition) is 3. The second-order valence-electron chi connectivity index (χ2n) is 4.94. The van der Waals surface area contributed by atoms with Crippen molar-refractivity contribution >= 4 is 27.3 Å². The average molecular weight is 344 g/mol. The molecule has 0 bridgehead atoms. The van der Waals surface area contributed by atoms with Crippen LogP contribution in [0.25, 0.3) is 0 Å². The first kappa shape index (κ1) is 16.7. The smallest absolute Gasteiger partial charge is 0.263 e. The lowest BCUT2D eigenvalue weighted by Crippen LogP contribution is -2.15. The summed E-state index contributed by atoms with van der Waals surface area (Å²) >= 11 is 5.85. The van der Waals surface area contributed by atoms with Crippen molar-refractivity contribution in [3.63, 3.8) is 0 Å². The number of anilines is 1. The number of halogens is 2. The van der Waals surface area contributed by atoms with Crippen molar-refractivity contribution < 1.29 is 17.9 Å². The predicted molar refractivity (Wildman–Crippen MR) is 84.1 cm³/mol. The first-order valence-electron chi connectivity index (χ1n) is 6.43. The van der Waals surface area contributed by atoms with Crippen molar-refractivity contribution in [2.45, 2.75) is 25.3 Å². The van der Waals surface area contributed by atoms with Gasteiger partial charge in [0.05, 0.1) is 17.3 Å². The minimum absolute atomic E-state index is 0.186. The summed E-state index contributed by atoms with van der Waals surface area (Å²) in [6.07, 6.45) is 0. The van der Waals surface area contributed by atoms with Crippen LogP contribution in [0.2, 0.25) is 5.02 Å². The molecule has 22 heavy (non-hydrogen) atoms. The van der Waals surface area contributed by atoms with Crippen molar-refractivity contribution in [1.82, 2.24) is 0 Å². The third-order valence-corrected chi connectivity index (χ3v) is 5.06. The van der Waals surface area contributed by atoms with Gasteiger partial charge in [0.1, 0.15) is 10.7 Å². The maximum atomic E-state index is 13.4. The molecule has 0 aromatic heterocycles. The maximum Gasteiger partial charge on any atom is 0.263 e. The molecule has 0 radical (unpaired) electrons. The summed E-state index contributed by atoms with van der Waals surface area (Å²) < 4.78 is 40.7. The number of rotatable bonds is 4. The number of aryl methyl sites for hydroxylation is 2. The lowest BCUT2D eigenvalue weighted by molar-refractivity contribution is 0.282. The van der Waals surface area contributed by atoms with E-state index in [4.69, 9.17) is 16.7 Å². The minimum atomic E-state index is -3.96. The fourth-order valence-corrected chi connectivity index (χ4v) is 3.64. The second-order valence-corrected chi connectivity index (χ2v) is 7.00. The highest BCUT2D eigenvalue weighted by Gasteiger charge is 2.20. The molecule has 0 atom stereocenters. The van der Waals surface area contributed by atoms with Crippen LogP contribution in [0.3, 0.4) is 0 Å². The molecular formula is C15H15ClFNO3S. The van der Waals surface area contributed by atoms with Gasteiger partial charge in [0.15, 0.2) is 0 Å². The minimum Gasteiger partial charge on any atom is -0.392 e. The van der Waals surface area contributed by atoms with Gasteiger partial charge in [-0.3, -0.25) is 4.72 Å². The highest BCUT2D eigenvalue weighted by atomic mass is 35.5. The molecule has 0 amide bonds. The molecule has 0 unspecified atom stereocenters. The number of aliphatic hydroxyl groups excluding tert-OH is 1. The van der Waals surface area contributed by atoms with E-state index < -0.39 is 15.8 Å². The van der Waals surface area contributed by atoms with Gasteiger partial charge >= 0.3 is 0 Å². The van der Waals surface area contributed by atoms with Gasteiger partial charge in [0.25, 0.3) is 10.0 Å². The van der Waals surface area contributed by atoms with Gasteiger partial charge in [-0.1, -0.05) is 23.7 Å². The van der Waals surface area contributed by atoms with E-state index >= 15 is 0 Å². The molecule has 4 nitrogen and oxygen atoms in total. The van der Waals surface area contributed by atoms with Gasteiger partial charge in [0, 0.05) is 0 Å². The van der Waals surface area contributed by atoms with Crippen molar-refractivity contribution in [2.24, 2.45) is 0 Å². The number of nitrogens with one attached hydrogen (secondary N) is 1. The summed E-state index contributed by atoms with van der Waals surface area (Å²) in [7, 11) is -3.96. The van der Waals surface area contributed by atoms with Gasteiger partial charge in [-0.15, -0.1) is 0 Å². The van der Waals surface area contributed by atoms with Crippen LogP contribution in [0.5, 0.6) is 0 Å². The van der Waals surface area contributed by atoms with E-state index in [1.54, 1.807) is 19.1 Å². The highest BCUT2D eigenvalue weighted by molar-refractivity contribution is 7.92. The molecule has 0 aliphatic heterocycles. The van der Waals surface area contributed by atoms with E-state index in [1.807, 2.05) is 0 Å². The highest BCUT2D eigenvalue weighted by Crippen LogP contribution is 2.28. The number of benzene rings is 2. The van der Waals surface area contributed by atoms with Crippen LogP contribution in [0.4, 0.5) is 10.1 Å². The summed E-state index contributed by atoms with van der Waals surface area (Å²) in [6, 6.07) is 7.09. The van der Waals surface area contributed by atoms with Gasteiger partial charge in [-0.2, -0.15) is 0 Å². The molecule has 2 rings (SSSR count). The Labute approximate surface area is 133 Å². The molecular weight excluding hydrogens is 329 g/mol. The van der Waals surface area contributed by atoms with Crippen LogP contribution in [0, 0.1) is 19.7 Å². The van der Waals surface area contributed by atoms with Crippen LogP contribution in [0.15, 0.2) is 35.2 Å². The van der Waals surface area contributed by atoms with Crippen LogP contribution in [-0.2, 0) is 16.6 Å². The van der Waals surface area contributed by atoms with Crippen molar-refractivity contribution in [3.05, 3.63) is 57.9 Å². The molecule has 0 aliphatic rings. The lowest BCUT2D eigenvalue weighted by Gasteiger charge is -2.13. The lowest BCUT2D eigenvalue weighted by atomic mass is 10.1. The van der Waals surface area contributed by atoms with E-state index in [0.29, 0.717) is 16.8 Å². The van der Waals surface area contributed by atoms with Crippen LogP contribution < -0.4 is 4.72 Å². The Kier molecular flexibility index (Phi) is 4.75. The fourth-order valence-electron chi connectivity index (χ4n) is 1.91. The quantitative estimate of drug-likeness (QED) is 0.894. The van der Waals surface area contributed by atoms with E-state index in [1.165, 1.54) is 19.1 Å². The first-order valence-corrected chi connectivity index (χ1v) is 8.29. The summed E-state index contributed by atoms with van der Waals surface area (Å²) in [5.41, 5.74) is 1.79. The SMILES string of the molecule is Cc1cc(S(=O)(=O)Nc2cc(CO)ccc2C)c(Cl)cc1F. The van der Waals surface area contributed by atoms with E-state index in [-0.39, 0.29) is 22.1 Å². The third-order valence-electron chi connectivity index (χ3n) is 3.23. The Balaban J connectivity index is 2.46. The Bertz CT molecular complexity index is 822. The Morgan fingerprint density at radius 3 is 2.50 bits per heavy atom. The molecule has 0 aliphatic carbocycles. The van der Waals surface area contributed by atoms with E-state index in [0.717, 1.165) is 6.07 Å². The average Bonchev–Trinajstić information content (AvgIpc) is 2.44. The van der Waals surface area contributed by atoms with Crippen LogP contribution in [0.1, 0.15) is 16.7 Å². The Morgan fingerprint density at radius 2 is 1.86 bits per heavy atom. The predicted octanol–water partition coefficient (Wildman–Crippen LogP) is 3.39. The van der Waals surface area contributed by atoms with Crippen molar-refractivity contribution in [3.8, 4) is 0 Å². The standard InChI is InChI=1S/C15H15ClFNO3S/c1-9-3-4-11(8-19)6-14(9)18-22(20,21)15-5-10(2)13(17)7-12(15)16/h3-7,18-19H,8H2,1-2H3. The second kappa shape index (κ2) is 6.24. The van der Waals surface area contributed by atoms with Gasteiger partial charge in [-0.05, 0) is 48.7 Å². The third kappa shape index (κ3) is 3.40. The fraction of sp³-hybridized carbons (Fsp3) is 0.200. The van der Waals surface area contributed by atoms with Crippen molar-refractivity contribution in [1.29, 1.82) is 0 Å². The van der Waals surface area contributed by atoms with E-state index in [9.17, 15) is 12.8 Å². The van der Waals surface area contributed by atoms with Gasteiger partial charge in [0.2, 0.25) is 0 Å². The molecule has 0 saturated heterocycles. The zero-order valence-electron chi connectivity index (χ0n) is 12.0. The summed E-state index contributed by atoms with van der Waals surface area (Å²) in [5.74, 6) is -0.567. The molecule has 2 N–H and O–H groups in total. The summed E-state index contributed by atoms with van der Waals surface area (Å²) in [4.78, 5) is -0.193. The molecule has 7 heteroatoms. The number of hydrogen-bond donors (Lipinski definition) is 2. The monoisotopic (exact) mass is 343 g/mol. The molecule has 0 fully saturated rings. The van der Waals surface area contributed by atoms with Gasteiger partial charge < -0.3 is 5.11 Å². The van der Waals surface area contributed by atoms with Gasteiger partial charge in [-0.25, -0.2) is 12.8 Å².